The van der Waals surface area contributed by atoms with Crippen molar-refractivity contribution in [2.45, 2.75) is 13.2 Å². The van der Waals surface area contributed by atoms with Crippen LogP contribution in [0.5, 0.6) is 0 Å². The van der Waals surface area contributed by atoms with Crippen LogP contribution in [0.4, 0.5) is 0 Å². The number of aliphatic hydroxyl groups excluding tert-OH is 2. The molecule has 0 aliphatic carbocycles. The van der Waals surface area contributed by atoms with Crippen molar-refractivity contribution in [3.05, 3.63) is 12.2 Å². The van der Waals surface area contributed by atoms with Crippen molar-refractivity contribution in [1.82, 2.24) is 4.90 Å². The maximum Gasteiger partial charge on any atom is 0.128 e. The molecular formula is C7H15NO2. The molecule has 0 rings (SSSR count). The van der Waals surface area contributed by atoms with Gasteiger partial charge in [-0.3, -0.25) is 4.90 Å². The maximum atomic E-state index is 9.24. The van der Waals surface area contributed by atoms with E-state index in [1.54, 1.807) is 18.9 Å². The molecule has 3 heteroatoms. The Morgan fingerprint density at radius 1 is 1.70 bits per heavy atom. The van der Waals surface area contributed by atoms with Crippen LogP contribution >= 0.6 is 0 Å². The molecule has 3 nitrogen and oxygen atoms in total. The zero-order chi connectivity index (χ0) is 8.15. The van der Waals surface area contributed by atoms with Crippen LogP contribution < -0.4 is 0 Å². The highest BCUT2D eigenvalue weighted by molar-refractivity contribution is 4.95. The van der Waals surface area contributed by atoms with Crippen LogP contribution in [0.25, 0.3) is 0 Å². The van der Waals surface area contributed by atoms with E-state index in [0.717, 1.165) is 0 Å². The van der Waals surface area contributed by atoms with Crippen LogP contribution in [0.1, 0.15) is 6.92 Å². The molecule has 0 aromatic rings. The van der Waals surface area contributed by atoms with Gasteiger partial charge in [0.25, 0.3) is 0 Å². The predicted molar refractivity (Wildman–Crippen MR) is 40.5 cm³/mol. The van der Waals surface area contributed by atoms with Crippen LogP contribution in [0, 0.1) is 0 Å². The number of hydrogen-bond donors (Lipinski definition) is 2. The molecule has 0 bridgehead atoms. The Kier molecular flexibility index (Phi) is 4.27. The molecule has 0 saturated heterocycles. The van der Waals surface area contributed by atoms with Gasteiger partial charge in [-0.1, -0.05) is 6.58 Å². The zero-order valence-electron chi connectivity index (χ0n) is 6.54. The predicted octanol–water partition coefficient (Wildman–Crippen LogP) is -0.195. The van der Waals surface area contributed by atoms with Gasteiger partial charge in [-0.15, -0.1) is 0 Å². The van der Waals surface area contributed by atoms with Gasteiger partial charge in [0.1, 0.15) is 6.23 Å². The van der Waals surface area contributed by atoms with Crippen molar-refractivity contribution < 1.29 is 10.2 Å². The van der Waals surface area contributed by atoms with E-state index in [1.807, 2.05) is 0 Å². The first kappa shape index (κ1) is 9.62. The summed E-state index contributed by atoms with van der Waals surface area (Å²) in [5.41, 5.74) is 0.691. The fraction of sp³-hybridized carbons (Fsp3) is 0.714. The van der Waals surface area contributed by atoms with Gasteiger partial charge in [-0.25, -0.2) is 0 Å². The molecule has 0 heterocycles. The summed E-state index contributed by atoms with van der Waals surface area (Å²) in [4.78, 5) is 1.63. The first-order valence-corrected chi connectivity index (χ1v) is 3.24. The molecule has 1 unspecified atom stereocenters. The fourth-order valence-electron chi connectivity index (χ4n) is 0.656. The molecule has 0 aliphatic heterocycles. The van der Waals surface area contributed by atoms with E-state index in [9.17, 15) is 5.11 Å². The van der Waals surface area contributed by atoms with E-state index in [4.69, 9.17) is 5.11 Å². The fourth-order valence-corrected chi connectivity index (χ4v) is 0.656. The van der Waals surface area contributed by atoms with E-state index < -0.39 is 6.23 Å². The maximum absolute atomic E-state index is 9.24. The molecule has 1 atom stereocenters. The molecule has 0 radical (unpaired) electrons. The van der Waals surface area contributed by atoms with Gasteiger partial charge < -0.3 is 10.2 Å². The second kappa shape index (κ2) is 4.44. The monoisotopic (exact) mass is 145 g/mol. The van der Waals surface area contributed by atoms with E-state index in [-0.39, 0.29) is 6.61 Å². The number of nitrogens with zero attached hydrogens (tertiary/aromatic N) is 1. The smallest absolute Gasteiger partial charge is 0.128 e. The average molecular weight is 145 g/mol. The van der Waals surface area contributed by atoms with Crippen molar-refractivity contribution in [2.24, 2.45) is 0 Å². The number of hydrogen-bond acceptors (Lipinski definition) is 3. The third kappa shape index (κ3) is 2.96. The Morgan fingerprint density at radius 3 is 2.50 bits per heavy atom. The minimum absolute atomic E-state index is 0.0564. The molecule has 0 saturated carbocycles. The third-order valence-electron chi connectivity index (χ3n) is 1.31. The molecule has 2 N–H and O–H groups in total. The summed E-state index contributed by atoms with van der Waals surface area (Å²) < 4.78 is 0. The summed E-state index contributed by atoms with van der Waals surface area (Å²) in [7, 11) is 1.73. The molecule has 0 fully saturated rings. The highest BCUT2D eigenvalue weighted by Gasteiger charge is 2.09. The summed E-state index contributed by atoms with van der Waals surface area (Å²) in [5, 5.41) is 17.7. The second-order valence-corrected chi connectivity index (χ2v) is 2.42. The lowest BCUT2D eigenvalue weighted by molar-refractivity contribution is 0.0415. The van der Waals surface area contributed by atoms with Crippen LogP contribution in [0.3, 0.4) is 0 Å². The van der Waals surface area contributed by atoms with Gasteiger partial charge in [0.15, 0.2) is 0 Å². The SMILES string of the molecule is C=C(C)C(O)N(C)CCO. The normalized spacial score (nSPS) is 13.7. The van der Waals surface area contributed by atoms with Crippen molar-refractivity contribution in [3.63, 3.8) is 0 Å². The summed E-state index contributed by atoms with van der Waals surface area (Å²) in [5.74, 6) is 0. The molecule has 0 amide bonds. The van der Waals surface area contributed by atoms with Gasteiger partial charge >= 0.3 is 0 Å². The highest BCUT2D eigenvalue weighted by atomic mass is 16.3. The van der Waals surface area contributed by atoms with Crippen molar-refractivity contribution in [1.29, 1.82) is 0 Å². The Bertz CT molecular complexity index is 114. The van der Waals surface area contributed by atoms with E-state index in [2.05, 4.69) is 6.58 Å². The second-order valence-electron chi connectivity index (χ2n) is 2.42. The van der Waals surface area contributed by atoms with Crippen molar-refractivity contribution in [2.75, 3.05) is 20.2 Å². The molecule has 60 valence electrons. The largest absolute Gasteiger partial charge is 0.395 e. The van der Waals surface area contributed by atoms with E-state index in [0.29, 0.717) is 12.1 Å². The lowest BCUT2D eigenvalue weighted by Crippen LogP contribution is -2.34. The van der Waals surface area contributed by atoms with Crippen LogP contribution in [0.2, 0.25) is 0 Å². The van der Waals surface area contributed by atoms with Gasteiger partial charge in [-0.05, 0) is 19.5 Å². The standard InChI is InChI=1S/C7H15NO2/c1-6(2)7(10)8(3)4-5-9/h7,9-10H,1,4-5H2,2-3H3. The highest BCUT2D eigenvalue weighted by Crippen LogP contribution is 2.00. The topological polar surface area (TPSA) is 43.7 Å². The quantitative estimate of drug-likeness (QED) is 0.425. The van der Waals surface area contributed by atoms with Gasteiger partial charge in [0.05, 0.1) is 6.61 Å². The minimum Gasteiger partial charge on any atom is -0.395 e. The van der Waals surface area contributed by atoms with Gasteiger partial charge in [-0.2, -0.15) is 0 Å². The Balaban J connectivity index is 3.69. The third-order valence-corrected chi connectivity index (χ3v) is 1.31. The minimum atomic E-state index is -0.632. The zero-order valence-corrected chi connectivity index (χ0v) is 6.54. The first-order chi connectivity index (χ1) is 4.59. The number of rotatable bonds is 4. The molecule has 10 heavy (non-hydrogen) atoms. The molecule has 0 aromatic carbocycles. The first-order valence-electron chi connectivity index (χ1n) is 3.24. The van der Waals surface area contributed by atoms with Crippen molar-refractivity contribution >= 4 is 0 Å². The molecular weight excluding hydrogens is 130 g/mol. The van der Waals surface area contributed by atoms with Gasteiger partial charge in [0.2, 0.25) is 0 Å². The molecule has 0 aromatic heterocycles. The Hall–Kier alpha value is -0.380. The van der Waals surface area contributed by atoms with E-state index >= 15 is 0 Å². The average Bonchev–Trinajstić information content (AvgIpc) is 1.87. The van der Waals surface area contributed by atoms with Crippen LogP contribution in [0.15, 0.2) is 12.2 Å². The van der Waals surface area contributed by atoms with Crippen LogP contribution in [-0.2, 0) is 0 Å². The lowest BCUT2D eigenvalue weighted by Gasteiger charge is -2.22. The Labute approximate surface area is 61.6 Å². The summed E-state index contributed by atoms with van der Waals surface area (Å²) in [6.45, 7) is 5.86. The number of aliphatic hydroxyl groups is 2. The molecule has 0 spiro atoms. The Morgan fingerprint density at radius 2 is 2.20 bits per heavy atom. The summed E-state index contributed by atoms with van der Waals surface area (Å²) >= 11 is 0. The number of likely N-dealkylation sites (N-methyl/N-ethyl adjacent to an activating group) is 1. The van der Waals surface area contributed by atoms with Crippen LogP contribution in [-0.4, -0.2) is 41.5 Å². The van der Waals surface area contributed by atoms with Gasteiger partial charge in [0, 0.05) is 6.54 Å². The lowest BCUT2D eigenvalue weighted by atomic mass is 10.3. The summed E-state index contributed by atoms with van der Waals surface area (Å²) in [6.07, 6.45) is -0.632. The van der Waals surface area contributed by atoms with Crippen molar-refractivity contribution in [3.8, 4) is 0 Å². The van der Waals surface area contributed by atoms with E-state index in [1.165, 1.54) is 0 Å². The summed E-state index contributed by atoms with van der Waals surface area (Å²) in [6, 6.07) is 0. The molecule has 0 aliphatic rings.